The molecule has 3 fully saturated rings. The summed E-state index contributed by atoms with van der Waals surface area (Å²) in [5.74, 6) is -0.367. The molecule has 4 heterocycles. The van der Waals surface area contributed by atoms with Crippen LogP contribution in [0, 0.1) is 0 Å². The van der Waals surface area contributed by atoms with Crippen LogP contribution < -0.4 is 5.32 Å². The second kappa shape index (κ2) is 16.0. The second-order valence-electron chi connectivity index (χ2n) is 13.2. The molecule has 0 amide bonds. The van der Waals surface area contributed by atoms with Crippen molar-refractivity contribution in [1.82, 2.24) is 19.5 Å². The topological polar surface area (TPSA) is 110 Å². The van der Waals surface area contributed by atoms with Crippen molar-refractivity contribution in [3.05, 3.63) is 11.6 Å². The molecule has 5 rings (SSSR count). The molecule has 2 aliphatic heterocycles. The lowest BCUT2D eigenvalue weighted by Crippen LogP contribution is -2.33. The van der Waals surface area contributed by atoms with E-state index in [1.165, 1.54) is 77.0 Å². The van der Waals surface area contributed by atoms with Crippen LogP contribution in [-0.4, -0.2) is 62.2 Å². The molecule has 0 unspecified atom stereocenters. The number of unbranched alkanes of at least 4 members (excludes halogenated alkanes) is 11. The quantitative estimate of drug-likeness (QED) is 0.0995. The molecule has 0 bridgehead atoms. The van der Waals surface area contributed by atoms with Gasteiger partial charge in [0.1, 0.15) is 24.9 Å². The van der Waals surface area contributed by atoms with Crippen molar-refractivity contribution in [3.63, 3.8) is 0 Å². The second-order valence-corrected chi connectivity index (χ2v) is 13.6. The van der Waals surface area contributed by atoms with Gasteiger partial charge in [0.15, 0.2) is 29.0 Å². The van der Waals surface area contributed by atoms with E-state index in [4.69, 9.17) is 30.5 Å². The molecule has 1 N–H and O–H groups in total. The SMILES string of the molecule is CCCCCCCCCCCCCCC(=O)OC[C@H]1O[C@@H](n2cnc3c(NC4CCCC4)nc(Cl)nc32)[C@@H]2OC(C)(C)O[C@@H]21. The van der Waals surface area contributed by atoms with Crippen molar-refractivity contribution >= 4 is 34.6 Å². The molecular weight excluding hydrogens is 582 g/mol. The molecule has 3 aliphatic rings. The Morgan fingerprint density at radius 3 is 2.30 bits per heavy atom. The Hall–Kier alpha value is -2.01. The van der Waals surface area contributed by atoms with Gasteiger partial charge in [0, 0.05) is 12.5 Å². The molecule has 246 valence electrons. The van der Waals surface area contributed by atoms with Gasteiger partial charge in [-0.05, 0) is 44.7 Å². The van der Waals surface area contributed by atoms with E-state index in [0.717, 1.165) is 25.7 Å². The fourth-order valence-electron chi connectivity index (χ4n) is 6.82. The fraction of sp³-hybridized carbons (Fsp3) is 0.818. The minimum Gasteiger partial charge on any atom is -0.463 e. The third-order valence-electron chi connectivity index (χ3n) is 9.13. The lowest BCUT2D eigenvalue weighted by Gasteiger charge is -2.24. The Balaban J connectivity index is 1.09. The zero-order valence-corrected chi connectivity index (χ0v) is 27.7. The Morgan fingerprint density at radius 1 is 0.977 bits per heavy atom. The highest BCUT2D eigenvalue weighted by molar-refractivity contribution is 6.28. The van der Waals surface area contributed by atoms with Crippen molar-refractivity contribution in [2.45, 2.75) is 166 Å². The minimum atomic E-state index is -0.799. The van der Waals surface area contributed by atoms with Crippen LogP contribution in [0.3, 0.4) is 0 Å². The number of aromatic nitrogens is 4. The van der Waals surface area contributed by atoms with Crippen molar-refractivity contribution in [2.75, 3.05) is 11.9 Å². The van der Waals surface area contributed by atoms with Gasteiger partial charge >= 0.3 is 5.97 Å². The molecule has 10 nitrogen and oxygen atoms in total. The third-order valence-corrected chi connectivity index (χ3v) is 9.30. The highest BCUT2D eigenvalue weighted by Gasteiger charge is 2.56. The van der Waals surface area contributed by atoms with E-state index in [9.17, 15) is 4.79 Å². The molecule has 0 radical (unpaired) electrons. The van der Waals surface area contributed by atoms with Gasteiger partial charge in [-0.1, -0.05) is 90.4 Å². The Bertz CT molecular complexity index is 1200. The number of esters is 1. The van der Waals surface area contributed by atoms with E-state index >= 15 is 0 Å². The predicted molar refractivity (Wildman–Crippen MR) is 171 cm³/mol. The summed E-state index contributed by atoms with van der Waals surface area (Å²) in [5, 5.41) is 3.65. The molecule has 0 spiro atoms. The van der Waals surface area contributed by atoms with Gasteiger partial charge < -0.3 is 24.3 Å². The maximum absolute atomic E-state index is 12.6. The van der Waals surface area contributed by atoms with Gasteiger partial charge in [-0.15, -0.1) is 0 Å². The Kier molecular flexibility index (Phi) is 12.1. The predicted octanol–water partition coefficient (Wildman–Crippen LogP) is 7.89. The van der Waals surface area contributed by atoms with Gasteiger partial charge in [0.2, 0.25) is 5.28 Å². The molecule has 0 aromatic carbocycles. The summed E-state index contributed by atoms with van der Waals surface area (Å²) in [4.78, 5) is 26.2. The number of hydrogen-bond donors (Lipinski definition) is 1. The third kappa shape index (κ3) is 8.83. The van der Waals surface area contributed by atoms with Crippen molar-refractivity contribution in [1.29, 1.82) is 0 Å². The lowest BCUT2D eigenvalue weighted by atomic mass is 10.0. The van der Waals surface area contributed by atoms with E-state index in [1.807, 2.05) is 18.4 Å². The smallest absolute Gasteiger partial charge is 0.305 e. The summed E-state index contributed by atoms with van der Waals surface area (Å²) >= 11 is 6.37. The van der Waals surface area contributed by atoms with Gasteiger partial charge in [-0.25, -0.2) is 4.98 Å². The van der Waals surface area contributed by atoms with Crippen LogP contribution in [0.2, 0.25) is 5.28 Å². The summed E-state index contributed by atoms with van der Waals surface area (Å²) < 4.78 is 26.5. The number of carbonyl (C=O) groups is 1. The monoisotopic (exact) mass is 633 g/mol. The van der Waals surface area contributed by atoms with Gasteiger partial charge in [-0.3, -0.25) is 9.36 Å². The summed E-state index contributed by atoms with van der Waals surface area (Å²) in [6.45, 7) is 6.13. The van der Waals surface area contributed by atoms with E-state index in [2.05, 4.69) is 27.2 Å². The van der Waals surface area contributed by atoms with Crippen LogP contribution in [0.4, 0.5) is 5.82 Å². The van der Waals surface area contributed by atoms with Crippen LogP contribution in [0.5, 0.6) is 0 Å². The van der Waals surface area contributed by atoms with E-state index in [-0.39, 0.29) is 17.9 Å². The summed E-state index contributed by atoms with van der Waals surface area (Å²) in [7, 11) is 0. The first-order valence-electron chi connectivity index (χ1n) is 17.2. The lowest BCUT2D eigenvalue weighted by molar-refractivity contribution is -0.202. The number of hydrogen-bond acceptors (Lipinski definition) is 9. The van der Waals surface area contributed by atoms with Crippen molar-refractivity contribution < 1.29 is 23.7 Å². The zero-order chi connectivity index (χ0) is 30.9. The number of fused-ring (bicyclic) bond motifs is 2. The number of carbonyl (C=O) groups excluding carboxylic acids is 1. The van der Waals surface area contributed by atoms with Crippen LogP contribution in [0.15, 0.2) is 6.33 Å². The number of nitrogens with zero attached hydrogens (tertiary/aromatic N) is 4. The normalized spacial score (nSPS) is 24.7. The highest BCUT2D eigenvalue weighted by atomic mass is 35.5. The number of nitrogens with one attached hydrogen (secondary N) is 1. The summed E-state index contributed by atoms with van der Waals surface area (Å²) in [6, 6.07) is 0.350. The van der Waals surface area contributed by atoms with Gasteiger partial charge in [-0.2, -0.15) is 9.97 Å². The number of rotatable bonds is 18. The van der Waals surface area contributed by atoms with Crippen LogP contribution in [-0.2, 0) is 23.7 Å². The van der Waals surface area contributed by atoms with Crippen LogP contribution >= 0.6 is 11.6 Å². The molecule has 44 heavy (non-hydrogen) atoms. The fourth-order valence-corrected chi connectivity index (χ4v) is 6.98. The average Bonchev–Trinajstić information content (AvgIpc) is 3.77. The maximum Gasteiger partial charge on any atom is 0.305 e. The zero-order valence-electron chi connectivity index (χ0n) is 26.9. The highest BCUT2D eigenvalue weighted by Crippen LogP contribution is 2.44. The molecule has 2 aromatic rings. The van der Waals surface area contributed by atoms with E-state index < -0.39 is 30.3 Å². The molecule has 4 atom stereocenters. The summed E-state index contributed by atoms with van der Waals surface area (Å²) in [6.07, 6.45) is 19.9. The molecule has 2 saturated heterocycles. The number of halogens is 1. The van der Waals surface area contributed by atoms with Gasteiger partial charge in [0.25, 0.3) is 0 Å². The number of imidazole rings is 1. The first-order chi connectivity index (χ1) is 21.3. The number of ether oxygens (including phenoxy) is 4. The first kappa shape index (κ1) is 33.4. The minimum absolute atomic E-state index is 0.102. The van der Waals surface area contributed by atoms with Gasteiger partial charge in [0.05, 0.1) is 6.33 Å². The first-order valence-corrected chi connectivity index (χ1v) is 17.6. The van der Waals surface area contributed by atoms with Crippen LogP contribution in [0.25, 0.3) is 11.2 Å². The maximum atomic E-state index is 12.6. The molecule has 11 heteroatoms. The average molecular weight is 634 g/mol. The molecular formula is C33H52ClN5O5. The molecule has 2 aromatic heterocycles. The summed E-state index contributed by atoms with van der Waals surface area (Å²) in [5.41, 5.74) is 1.20. The van der Waals surface area contributed by atoms with Crippen molar-refractivity contribution in [3.8, 4) is 0 Å². The standard InChI is InChI=1S/C33H52ClN5O5/c1-4-5-6-7-8-9-10-11-12-13-14-15-20-25(40)41-21-24-27-28(44-33(2,3)43-27)31(42-24)39-22-35-26-29(36-23-18-16-17-19-23)37-32(34)38-30(26)39/h22-24,27-28,31H,4-21H2,1-3H3,(H,36,37,38)/t24-,27-,28-,31-/m1/s1. The Morgan fingerprint density at radius 2 is 1.61 bits per heavy atom. The van der Waals surface area contributed by atoms with Crippen LogP contribution in [0.1, 0.15) is 136 Å². The largest absolute Gasteiger partial charge is 0.463 e. The molecule has 1 saturated carbocycles. The van der Waals surface area contributed by atoms with E-state index in [1.54, 1.807) is 6.33 Å². The molecule has 1 aliphatic carbocycles. The van der Waals surface area contributed by atoms with E-state index in [0.29, 0.717) is 29.4 Å². The Labute approximate surface area is 267 Å². The van der Waals surface area contributed by atoms with Crippen molar-refractivity contribution in [2.24, 2.45) is 0 Å². The number of anilines is 1.